The number of nitrogens with zero attached hydrogens (tertiary/aromatic N) is 5. The first-order chi connectivity index (χ1) is 14.2. The minimum absolute atomic E-state index is 0. The molecular formula is C21H34IN7O. The summed E-state index contributed by atoms with van der Waals surface area (Å²) in [7, 11) is 5.63. The number of aliphatic imine (C=N–C) groups is 1. The Labute approximate surface area is 196 Å². The maximum Gasteiger partial charge on any atom is 0.191 e. The first-order valence-electron chi connectivity index (χ1n) is 10.3. The van der Waals surface area contributed by atoms with Crippen LogP contribution in [0, 0.1) is 0 Å². The van der Waals surface area contributed by atoms with Gasteiger partial charge in [-0.1, -0.05) is 18.2 Å². The smallest absolute Gasteiger partial charge is 0.191 e. The highest BCUT2D eigenvalue weighted by atomic mass is 127. The van der Waals surface area contributed by atoms with Crippen LogP contribution in [0.3, 0.4) is 0 Å². The Kier molecular flexibility index (Phi) is 10.4. The Morgan fingerprint density at radius 2 is 2.10 bits per heavy atom. The number of anilines is 1. The van der Waals surface area contributed by atoms with Gasteiger partial charge in [-0.2, -0.15) is 5.10 Å². The fourth-order valence-electron chi connectivity index (χ4n) is 3.55. The van der Waals surface area contributed by atoms with Gasteiger partial charge in [0, 0.05) is 52.4 Å². The maximum absolute atomic E-state index is 5.13. The molecule has 1 aliphatic heterocycles. The summed E-state index contributed by atoms with van der Waals surface area (Å²) >= 11 is 0. The first-order valence-corrected chi connectivity index (χ1v) is 10.3. The van der Waals surface area contributed by atoms with Crippen LogP contribution in [0.5, 0.6) is 0 Å². The summed E-state index contributed by atoms with van der Waals surface area (Å²) in [4.78, 5) is 11.2. The molecule has 1 aliphatic rings. The van der Waals surface area contributed by atoms with Crippen molar-refractivity contribution in [2.75, 3.05) is 39.2 Å². The maximum atomic E-state index is 5.13. The van der Waals surface area contributed by atoms with E-state index in [1.165, 1.54) is 5.69 Å². The molecule has 3 rings (SSSR count). The van der Waals surface area contributed by atoms with E-state index in [1.54, 1.807) is 7.11 Å². The standard InChI is InChI=1S/C21H33N7O.HI/c1-22-21(23-13-7-8-14-27(2)18-9-5-4-6-10-18)24-17-11-12-20-25-19(16-29-3)26-28(20)15-17;/h4-6,9-10,17H,7-8,11-16H2,1-3H3,(H2,22,23,24);1H. The number of hydrogen-bond acceptors (Lipinski definition) is 5. The predicted octanol–water partition coefficient (Wildman–Crippen LogP) is 2.44. The molecule has 2 N–H and O–H groups in total. The molecule has 166 valence electrons. The molecule has 2 aromatic rings. The molecule has 2 heterocycles. The van der Waals surface area contributed by atoms with Gasteiger partial charge in [-0.15, -0.1) is 24.0 Å². The lowest BCUT2D eigenvalue weighted by atomic mass is 10.1. The lowest BCUT2D eigenvalue weighted by Crippen LogP contribution is -2.47. The highest BCUT2D eigenvalue weighted by Gasteiger charge is 2.22. The summed E-state index contributed by atoms with van der Waals surface area (Å²) in [6.07, 6.45) is 4.16. The van der Waals surface area contributed by atoms with Crippen molar-refractivity contribution in [3.8, 4) is 0 Å². The van der Waals surface area contributed by atoms with Crippen LogP contribution in [0.25, 0.3) is 0 Å². The van der Waals surface area contributed by atoms with Gasteiger partial charge in [0.25, 0.3) is 0 Å². The molecular weight excluding hydrogens is 493 g/mol. The minimum atomic E-state index is 0. The molecule has 30 heavy (non-hydrogen) atoms. The van der Waals surface area contributed by atoms with E-state index in [9.17, 15) is 0 Å². The highest BCUT2D eigenvalue weighted by Crippen LogP contribution is 2.14. The number of unbranched alkanes of at least 4 members (excludes halogenated alkanes) is 1. The average molecular weight is 527 g/mol. The van der Waals surface area contributed by atoms with Crippen LogP contribution in [0.4, 0.5) is 5.69 Å². The third-order valence-corrected chi connectivity index (χ3v) is 5.15. The monoisotopic (exact) mass is 527 g/mol. The van der Waals surface area contributed by atoms with Crippen LogP contribution in [-0.4, -0.2) is 61.1 Å². The van der Waals surface area contributed by atoms with Gasteiger partial charge < -0.3 is 20.3 Å². The van der Waals surface area contributed by atoms with Crippen molar-refractivity contribution in [3.05, 3.63) is 42.0 Å². The molecule has 0 fully saturated rings. The number of aromatic nitrogens is 3. The largest absolute Gasteiger partial charge is 0.377 e. The Morgan fingerprint density at radius 1 is 1.30 bits per heavy atom. The van der Waals surface area contributed by atoms with Crippen molar-refractivity contribution >= 4 is 35.6 Å². The van der Waals surface area contributed by atoms with E-state index in [0.717, 1.165) is 62.9 Å². The van der Waals surface area contributed by atoms with E-state index in [2.05, 4.69) is 61.9 Å². The van der Waals surface area contributed by atoms with Crippen molar-refractivity contribution in [2.45, 2.75) is 44.9 Å². The molecule has 0 amide bonds. The van der Waals surface area contributed by atoms with Gasteiger partial charge in [0.1, 0.15) is 12.4 Å². The van der Waals surface area contributed by atoms with Crippen molar-refractivity contribution in [2.24, 2.45) is 4.99 Å². The zero-order valence-electron chi connectivity index (χ0n) is 18.2. The second-order valence-corrected chi connectivity index (χ2v) is 7.40. The van der Waals surface area contributed by atoms with E-state index in [4.69, 9.17) is 4.74 Å². The summed E-state index contributed by atoms with van der Waals surface area (Å²) in [6.45, 7) is 3.20. The van der Waals surface area contributed by atoms with Crippen molar-refractivity contribution in [1.29, 1.82) is 0 Å². The van der Waals surface area contributed by atoms with Gasteiger partial charge in [-0.3, -0.25) is 4.99 Å². The van der Waals surface area contributed by atoms with Gasteiger partial charge in [0.2, 0.25) is 0 Å². The molecule has 0 saturated heterocycles. The average Bonchev–Trinajstić information content (AvgIpc) is 3.15. The van der Waals surface area contributed by atoms with Crippen LogP contribution < -0.4 is 15.5 Å². The fraction of sp³-hybridized carbons (Fsp3) is 0.571. The minimum Gasteiger partial charge on any atom is -0.377 e. The summed E-state index contributed by atoms with van der Waals surface area (Å²) < 4.78 is 7.12. The van der Waals surface area contributed by atoms with Crippen molar-refractivity contribution in [1.82, 2.24) is 25.4 Å². The van der Waals surface area contributed by atoms with E-state index < -0.39 is 0 Å². The van der Waals surface area contributed by atoms with E-state index in [-0.39, 0.29) is 24.0 Å². The molecule has 9 heteroatoms. The Hall–Kier alpha value is -1.88. The molecule has 1 aromatic heterocycles. The zero-order valence-corrected chi connectivity index (χ0v) is 20.5. The lowest BCUT2D eigenvalue weighted by Gasteiger charge is -2.25. The van der Waals surface area contributed by atoms with E-state index >= 15 is 0 Å². The van der Waals surface area contributed by atoms with E-state index in [0.29, 0.717) is 12.6 Å². The number of ether oxygens (including phenoxy) is 1. The molecule has 1 aromatic carbocycles. The second kappa shape index (κ2) is 12.7. The number of halogens is 1. The van der Waals surface area contributed by atoms with Gasteiger partial charge in [-0.05, 0) is 31.4 Å². The number of guanidine groups is 1. The third-order valence-electron chi connectivity index (χ3n) is 5.15. The molecule has 0 radical (unpaired) electrons. The molecule has 8 nitrogen and oxygen atoms in total. The van der Waals surface area contributed by atoms with Crippen molar-refractivity contribution in [3.63, 3.8) is 0 Å². The molecule has 0 saturated carbocycles. The second-order valence-electron chi connectivity index (χ2n) is 7.40. The van der Waals surface area contributed by atoms with Gasteiger partial charge in [-0.25, -0.2) is 9.67 Å². The number of hydrogen-bond donors (Lipinski definition) is 2. The Bertz CT molecular complexity index is 781. The summed E-state index contributed by atoms with van der Waals surface area (Å²) in [5.74, 6) is 2.65. The van der Waals surface area contributed by atoms with Crippen LogP contribution in [0.15, 0.2) is 35.3 Å². The normalized spacial score (nSPS) is 15.8. The number of methoxy groups -OCH3 is 1. The SMILES string of the molecule is CN=C(NCCCCN(C)c1ccccc1)NC1CCc2nc(COC)nn2C1.I. The quantitative estimate of drug-likeness (QED) is 0.226. The number of para-hydroxylation sites is 1. The number of aryl methyl sites for hydroxylation is 1. The summed E-state index contributed by atoms with van der Waals surface area (Å²) in [5, 5.41) is 11.5. The van der Waals surface area contributed by atoms with Crippen LogP contribution >= 0.6 is 24.0 Å². The topological polar surface area (TPSA) is 79.6 Å². The molecule has 0 aliphatic carbocycles. The first kappa shape index (κ1) is 24.4. The zero-order chi connectivity index (χ0) is 20.5. The highest BCUT2D eigenvalue weighted by molar-refractivity contribution is 14.0. The molecule has 0 spiro atoms. The van der Waals surface area contributed by atoms with E-state index in [1.807, 2.05) is 17.8 Å². The molecule has 0 bridgehead atoms. The van der Waals surface area contributed by atoms with Gasteiger partial charge in [0.15, 0.2) is 11.8 Å². The summed E-state index contributed by atoms with van der Waals surface area (Å²) in [6, 6.07) is 10.8. The van der Waals surface area contributed by atoms with Crippen molar-refractivity contribution < 1.29 is 4.74 Å². The predicted molar refractivity (Wildman–Crippen MR) is 132 cm³/mol. The Morgan fingerprint density at radius 3 is 2.83 bits per heavy atom. The lowest BCUT2D eigenvalue weighted by molar-refractivity contribution is 0.177. The van der Waals surface area contributed by atoms with Gasteiger partial charge in [0.05, 0.1) is 6.54 Å². The number of benzene rings is 1. The van der Waals surface area contributed by atoms with Crippen LogP contribution in [0.1, 0.15) is 30.9 Å². The fourth-order valence-corrected chi connectivity index (χ4v) is 3.55. The van der Waals surface area contributed by atoms with Crippen LogP contribution in [-0.2, 0) is 24.3 Å². The van der Waals surface area contributed by atoms with Crippen LogP contribution in [0.2, 0.25) is 0 Å². The molecule has 1 atom stereocenters. The molecule has 1 unspecified atom stereocenters. The number of rotatable bonds is 9. The summed E-state index contributed by atoms with van der Waals surface area (Å²) in [5.41, 5.74) is 1.26. The Balaban J connectivity index is 0.00000320. The number of nitrogens with one attached hydrogen (secondary N) is 2. The third kappa shape index (κ3) is 7.12. The van der Waals surface area contributed by atoms with Gasteiger partial charge >= 0.3 is 0 Å². The number of fused-ring (bicyclic) bond motifs is 1.